The van der Waals surface area contributed by atoms with Gasteiger partial charge in [0.15, 0.2) is 0 Å². The van der Waals surface area contributed by atoms with E-state index in [0.717, 1.165) is 0 Å². The number of nitrogen functional groups attached to an aromatic ring is 2. The first-order valence-electron chi connectivity index (χ1n) is 9.54. The molecule has 0 aromatic carbocycles. The summed E-state index contributed by atoms with van der Waals surface area (Å²) in [5.74, 6) is 1.16. The fourth-order valence-electron chi connectivity index (χ4n) is 3.60. The Morgan fingerprint density at radius 1 is 1.13 bits per heavy atom. The van der Waals surface area contributed by atoms with Gasteiger partial charge in [0.05, 0.1) is 12.0 Å². The number of anilines is 4. The standard InChI is InChI=1S/C18H20N10O3/c1-2-31-11-7-9-10(8-19)15(23-14(21)12(9)13(20)22-11)27-3-5-28(6-4-27)16-17(29)24-18(30)26-25-16/h7H,2-6H2,1H3,(H2,20,22)(H2,21,23)(H2,24,26,29,30). The molecule has 0 saturated carbocycles. The van der Waals surface area contributed by atoms with Crippen LogP contribution < -0.4 is 37.3 Å². The Hall–Kier alpha value is -4.34. The van der Waals surface area contributed by atoms with Crippen LogP contribution in [-0.2, 0) is 0 Å². The van der Waals surface area contributed by atoms with Crippen LogP contribution in [0.15, 0.2) is 15.7 Å². The summed E-state index contributed by atoms with van der Waals surface area (Å²) in [5, 5.41) is 16.9. The lowest BCUT2D eigenvalue weighted by Crippen LogP contribution is -2.49. The van der Waals surface area contributed by atoms with Crippen molar-refractivity contribution in [2.45, 2.75) is 6.92 Å². The van der Waals surface area contributed by atoms with E-state index in [1.54, 1.807) is 11.0 Å². The van der Waals surface area contributed by atoms with Gasteiger partial charge < -0.3 is 26.0 Å². The van der Waals surface area contributed by atoms with E-state index in [-0.39, 0.29) is 17.5 Å². The number of nitriles is 1. The molecule has 0 atom stereocenters. The zero-order valence-electron chi connectivity index (χ0n) is 16.7. The molecule has 1 saturated heterocycles. The van der Waals surface area contributed by atoms with Crippen molar-refractivity contribution < 1.29 is 4.74 Å². The van der Waals surface area contributed by atoms with Gasteiger partial charge in [0.1, 0.15) is 29.1 Å². The fraction of sp³-hybridized carbons (Fsp3) is 0.333. The molecule has 0 aliphatic carbocycles. The number of hydrogen-bond acceptors (Lipinski definition) is 11. The number of nitrogens with two attached hydrogens (primary N) is 2. The number of aromatic amines is 2. The lowest BCUT2D eigenvalue weighted by molar-refractivity contribution is 0.328. The van der Waals surface area contributed by atoms with Crippen molar-refractivity contribution in [3.05, 3.63) is 32.5 Å². The van der Waals surface area contributed by atoms with Crippen LogP contribution in [-0.4, -0.2) is 57.9 Å². The largest absolute Gasteiger partial charge is 0.478 e. The number of nitrogens with one attached hydrogen (secondary N) is 2. The van der Waals surface area contributed by atoms with Gasteiger partial charge in [0.25, 0.3) is 5.56 Å². The Labute approximate surface area is 175 Å². The number of pyridine rings is 2. The van der Waals surface area contributed by atoms with Crippen molar-refractivity contribution >= 4 is 34.0 Å². The van der Waals surface area contributed by atoms with Gasteiger partial charge in [-0.15, -0.1) is 5.10 Å². The lowest BCUT2D eigenvalue weighted by atomic mass is 10.1. The third kappa shape index (κ3) is 3.54. The number of H-pyrrole nitrogens is 2. The number of hydrogen-bond donors (Lipinski definition) is 4. The first-order valence-corrected chi connectivity index (χ1v) is 9.54. The van der Waals surface area contributed by atoms with E-state index in [0.29, 0.717) is 60.8 Å². The third-order valence-corrected chi connectivity index (χ3v) is 4.98. The molecule has 1 fully saturated rings. The molecule has 0 amide bonds. The van der Waals surface area contributed by atoms with Gasteiger partial charge >= 0.3 is 5.69 Å². The topological polar surface area (TPSA) is 196 Å². The maximum Gasteiger partial charge on any atom is 0.342 e. The minimum absolute atomic E-state index is 0.131. The molecular formula is C18H20N10O3. The zero-order valence-corrected chi connectivity index (χ0v) is 16.7. The van der Waals surface area contributed by atoms with Gasteiger partial charge in [-0.05, 0) is 6.92 Å². The van der Waals surface area contributed by atoms with E-state index in [1.807, 2.05) is 11.8 Å². The Bertz CT molecular complexity index is 1300. The van der Waals surface area contributed by atoms with Crippen LogP contribution in [0.25, 0.3) is 10.8 Å². The smallest absolute Gasteiger partial charge is 0.342 e. The van der Waals surface area contributed by atoms with E-state index in [1.165, 1.54) is 0 Å². The van der Waals surface area contributed by atoms with E-state index >= 15 is 0 Å². The van der Waals surface area contributed by atoms with Crippen molar-refractivity contribution in [1.82, 2.24) is 25.1 Å². The van der Waals surface area contributed by atoms with Crippen LogP contribution in [0.2, 0.25) is 0 Å². The average Bonchev–Trinajstić information content (AvgIpc) is 2.74. The van der Waals surface area contributed by atoms with Gasteiger partial charge in [0, 0.05) is 37.6 Å². The Kier molecular flexibility index (Phi) is 5.04. The fourth-order valence-corrected chi connectivity index (χ4v) is 3.60. The van der Waals surface area contributed by atoms with E-state index in [2.05, 4.69) is 31.2 Å². The summed E-state index contributed by atoms with van der Waals surface area (Å²) in [6, 6.07) is 3.83. The van der Waals surface area contributed by atoms with Crippen molar-refractivity contribution in [3.63, 3.8) is 0 Å². The normalized spacial score (nSPS) is 13.9. The summed E-state index contributed by atoms with van der Waals surface area (Å²) in [4.78, 5) is 37.6. The molecule has 1 aliphatic rings. The highest BCUT2D eigenvalue weighted by atomic mass is 16.5. The summed E-state index contributed by atoms with van der Waals surface area (Å²) in [6.45, 7) is 3.97. The van der Waals surface area contributed by atoms with Crippen molar-refractivity contribution in [2.24, 2.45) is 0 Å². The quantitative estimate of drug-likeness (QED) is 0.407. The molecule has 3 aromatic rings. The first kappa shape index (κ1) is 20.0. The molecule has 31 heavy (non-hydrogen) atoms. The summed E-state index contributed by atoms with van der Waals surface area (Å²) < 4.78 is 5.46. The number of piperazine rings is 1. The Morgan fingerprint density at radius 2 is 1.77 bits per heavy atom. The highest BCUT2D eigenvalue weighted by Crippen LogP contribution is 2.35. The maximum absolute atomic E-state index is 12.0. The van der Waals surface area contributed by atoms with Gasteiger partial charge in [-0.25, -0.2) is 14.9 Å². The molecule has 3 aromatic heterocycles. The predicted octanol–water partition coefficient (Wildman–Crippen LogP) is -0.837. The Balaban J connectivity index is 1.69. The summed E-state index contributed by atoms with van der Waals surface area (Å²) >= 11 is 0. The third-order valence-electron chi connectivity index (χ3n) is 4.98. The van der Waals surface area contributed by atoms with Gasteiger partial charge in [-0.1, -0.05) is 0 Å². The number of aromatic nitrogens is 5. The SMILES string of the molecule is CCOc1cc2c(C#N)c(N3CCN(c4n[nH]c(=O)[nH]c4=O)CC3)nc(N)c2c(N)n1. The number of ether oxygens (including phenoxy) is 1. The molecule has 4 rings (SSSR count). The monoisotopic (exact) mass is 424 g/mol. The number of rotatable bonds is 4. The molecule has 0 unspecified atom stereocenters. The molecule has 0 radical (unpaired) electrons. The van der Waals surface area contributed by atoms with Crippen molar-refractivity contribution in [1.29, 1.82) is 5.26 Å². The highest BCUT2D eigenvalue weighted by molar-refractivity contribution is 6.04. The molecular weight excluding hydrogens is 404 g/mol. The molecule has 13 nitrogen and oxygen atoms in total. The molecule has 4 heterocycles. The minimum Gasteiger partial charge on any atom is -0.478 e. The van der Waals surface area contributed by atoms with Gasteiger partial charge in [-0.3, -0.25) is 9.78 Å². The van der Waals surface area contributed by atoms with E-state index < -0.39 is 11.2 Å². The summed E-state index contributed by atoms with van der Waals surface area (Å²) in [6.07, 6.45) is 0. The van der Waals surface area contributed by atoms with E-state index in [4.69, 9.17) is 16.2 Å². The van der Waals surface area contributed by atoms with Crippen LogP contribution >= 0.6 is 0 Å². The Morgan fingerprint density at radius 3 is 2.39 bits per heavy atom. The van der Waals surface area contributed by atoms with Crippen LogP contribution in [0, 0.1) is 11.3 Å². The van der Waals surface area contributed by atoms with Gasteiger partial charge in [0.2, 0.25) is 11.7 Å². The first-order chi connectivity index (χ1) is 14.9. The predicted molar refractivity (Wildman–Crippen MR) is 114 cm³/mol. The number of fused-ring (bicyclic) bond motifs is 1. The molecule has 160 valence electrons. The molecule has 13 heteroatoms. The lowest BCUT2D eigenvalue weighted by Gasteiger charge is -2.35. The molecule has 0 spiro atoms. The van der Waals surface area contributed by atoms with Crippen molar-refractivity contribution in [2.75, 3.05) is 54.1 Å². The van der Waals surface area contributed by atoms with Crippen LogP contribution in [0.4, 0.5) is 23.3 Å². The molecule has 0 bridgehead atoms. The second-order valence-electron chi connectivity index (χ2n) is 6.81. The zero-order chi connectivity index (χ0) is 22.1. The van der Waals surface area contributed by atoms with Crippen molar-refractivity contribution in [3.8, 4) is 11.9 Å². The average molecular weight is 424 g/mol. The van der Waals surface area contributed by atoms with Crippen LogP contribution in [0.5, 0.6) is 5.88 Å². The van der Waals surface area contributed by atoms with Crippen LogP contribution in [0.1, 0.15) is 12.5 Å². The summed E-state index contributed by atoms with van der Waals surface area (Å²) in [5.41, 5.74) is 11.3. The van der Waals surface area contributed by atoms with Gasteiger partial charge in [-0.2, -0.15) is 10.2 Å². The number of nitrogens with zero attached hydrogens (tertiary/aromatic N) is 6. The molecule has 6 N–H and O–H groups in total. The van der Waals surface area contributed by atoms with Crippen LogP contribution in [0.3, 0.4) is 0 Å². The molecule has 1 aliphatic heterocycles. The maximum atomic E-state index is 12.0. The highest BCUT2D eigenvalue weighted by Gasteiger charge is 2.26. The second kappa shape index (κ2) is 7.82. The summed E-state index contributed by atoms with van der Waals surface area (Å²) in [7, 11) is 0. The van der Waals surface area contributed by atoms with E-state index in [9.17, 15) is 14.9 Å². The minimum atomic E-state index is -0.665. The second-order valence-corrected chi connectivity index (χ2v) is 6.81.